The van der Waals surface area contributed by atoms with Gasteiger partial charge in [0.1, 0.15) is 5.84 Å². The smallest absolute Gasteiger partial charge is 0.328 e. The molecule has 0 amide bonds. The minimum absolute atomic E-state index is 0.558. The molecule has 1 aromatic heterocycles. The first kappa shape index (κ1) is 19.7. The van der Waals surface area contributed by atoms with Gasteiger partial charge in [0, 0.05) is 43.2 Å². The third-order valence-corrected chi connectivity index (χ3v) is 3.58. The Kier molecular flexibility index (Phi) is 7.12. The molecule has 0 radical (unpaired) electrons. The number of aliphatic carboxylic acids is 2. The Bertz CT molecular complexity index is 841. The largest absolute Gasteiger partial charge is 0.478 e. The highest BCUT2D eigenvalue weighted by atomic mass is 16.4. The van der Waals surface area contributed by atoms with Gasteiger partial charge in [0.15, 0.2) is 0 Å². The second-order valence-electron chi connectivity index (χ2n) is 5.50. The molecule has 0 saturated heterocycles. The average molecular weight is 371 g/mol. The molecule has 0 saturated carbocycles. The molecule has 2 aromatic rings. The number of aryl methyl sites for hydroxylation is 1. The van der Waals surface area contributed by atoms with Crippen LogP contribution in [0.4, 0.5) is 5.69 Å². The van der Waals surface area contributed by atoms with Gasteiger partial charge in [-0.25, -0.2) is 9.59 Å². The zero-order chi connectivity index (χ0) is 19.6. The van der Waals surface area contributed by atoms with Crippen LogP contribution in [0.2, 0.25) is 0 Å². The van der Waals surface area contributed by atoms with Crippen LogP contribution in [0.3, 0.4) is 0 Å². The summed E-state index contributed by atoms with van der Waals surface area (Å²) in [5, 5.41) is 26.5. The summed E-state index contributed by atoms with van der Waals surface area (Å²) in [6.45, 7) is 2.55. The third kappa shape index (κ3) is 6.31. The topological polar surface area (TPSA) is 129 Å². The number of carbonyl (C=O) groups is 2. The van der Waals surface area contributed by atoms with Crippen LogP contribution in [0.25, 0.3) is 11.3 Å². The van der Waals surface area contributed by atoms with E-state index in [1.807, 2.05) is 36.1 Å². The number of para-hydroxylation sites is 1. The molecule has 0 aliphatic carbocycles. The Morgan fingerprint density at radius 2 is 1.93 bits per heavy atom. The number of nitrogens with one attached hydrogen (secondary N) is 2. The van der Waals surface area contributed by atoms with Crippen molar-refractivity contribution in [3.8, 4) is 11.3 Å². The second kappa shape index (κ2) is 9.76. The maximum absolute atomic E-state index is 9.55. The minimum Gasteiger partial charge on any atom is -0.478 e. The van der Waals surface area contributed by atoms with Crippen molar-refractivity contribution >= 4 is 23.5 Å². The highest BCUT2D eigenvalue weighted by Gasteiger charge is 2.09. The van der Waals surface area contributed by atoms with Gasteiger partial charge in [-0.15, -0.1) is 0 Å². The fraction of sp³-hybridized carbons (Fsp3) is 0.222. The van der Waals surface area contributed by atoms with Crippen molar-refractivity contribution < 1.29 is 19.8 Å². The third-order valence-electron chi connectivity index (χ3n) is 3.58. The first-order chi connectivity index (χ1) is 13.0. The van der Waals surface area contributed by atoms with E-state index in [1.165, 1.54) is 0 Å². The molecule has 0 atom stereocenters. The van der Waals surface area contributed by atoms with Crippen LogP contribution < -0.4 is 10.6 Å². The van der Waals surface area contributed by atoms with Crippen molar-refractivity contribution in [2.24, 2.45) is 12.0 Å². The number of anilines is 1. The lowest BCUT2D eigenvalue weighted by molar-refractivity contribution is -0.134. The molecular formula is C18H21N5O4. The number of aromatic nitrogens is 2. The van der Waals surface area contributed by atoms with Crippen LogP contribution in [-0.2, 0) is 16.6 Å². The maximum atomic E-state index is 9.55. The molecule has 0 unspecified atom stereocenters. The molecule has 27 heavy (non-hydrogen) atoms. The summed E-state index contributed by atoms with van der Waals surface area (Å²) in [5.41, 5.74) is 3.35. The number of nitrogens with zero attached hydrogens (tertiary/aromatic N) is 3. The van der Waals surface area contributed by atoms with Crippen LogP contribution in [-0.4, -0.2) is 57.4 Å². The maximum Gasteiger partial charge on any atom is 0.328 e. The van der Waals surface area contributed by atoms with Crippen molar-refractivity contribution in [3.05, 3.63) is 48.7 Å². The summed E-state index contributed by atoms with van der Waals surface area (Å²) in [6.07, 6.45) is 2.93. The van der Waals surface area contributed by atoms with Gasteiger partial charge in [0.05, 0.1) is 18.8 Å². The molecule has 1 aliphatic heterocycles. The predicted octanol–water partition coefficient (Wildman–Crippen LogP) is 1.21. The molecule has 3 rings (SSSR count). The molecule has 0 fully saturated rings. The van der Waals surface area contributed by atoms with E-state index in [0.29, 0.717) is 12.2 Å². The number of benzene rings is 1. The standard InChI is InChI=1S/C14H17N5.C4H4O4/c1-19-13(6-7-18-19)11-4-2-3-5-12(11)17-10-14-15-8-9-16-14;5-3(6)1-2-4(7)8/h2-7,17H,8-10H2,1H3,(H,15,16);1-2H,(H,5,6)(H,7,8). The van der Waals surface area contributed by atoms with Crippen molar-refractivity contribution in [2.75, 3.05) is 25.0 Å². The average Bonchev–Trinajstić information content (AvgIpc) is 3.30. The Labute approximate surface area is 156 Å². The Balaban J connectivity index is 0.000000279. The normalized spacial score (nSPS) is 12.7. The molecule has 9 nitrogen and oxygen atoms in total. The number of rotatable bonds is 6. The Morgan fingerprint density at radius 3 is 2.48 bits per heavy atom. The first-order valence-corrected chi connectivity index (χ1v) is 8.20. The lowest BCUT2D eigenvalue weighted by Crippen LogP contribution is -2.26. The van der Waals surface area contributed by atoms with E-state index in [0.717, 1.165) is 42.4 Å². The van der Waals surface area contributed by atoms with Crippen LogP contribution in [0.15, 0.2) is 53.7 Å². The number of amidine groups is 1. The van der Waals surface area contributed by atoms with Gasteiger partial charge < -0.3 is 20.8 Å². The fourth-order valence-electron chi connectivity index (χ4n) is 2.39. The minimum atomic E-state index is -1.26. The van der Waals surface area contributed by atoms with Crippen molar-refractivity contribution in [2.45, 2.75) is 0 Å². The molecular weight excluding hydrogens is 350 g/mol. The highest BCUT2D eigenvalue weighted by Crippen LogP contribution is 2.26. The van der Waals surface area contributed by atoms with E-state index in [-0.39, 0.29) is 0 Å². The lowest BCUT2D eigenvalue weighted by Gasteiger charge is -2.12. The molecule has 0 bridgehead atoms. The number of aliphatic imine (C=N–C) groups is 1. The predicted molar refractivity (Wildman–Crippen MR) is 102 cm³/mol. The summed E-state index contributed by atoms with van der Waals surface area (Å²) in [6, 6.07) is 10.3. The van der Waals surface area contributed by atoms with Gasteiger partial charge in [-0.2, -0.15) is 5.10 Å². The van der Waals surface area contributed by atoms with Crippen LogP contribution >= 0.6 is 0 Å². The SMILES string of the molecule is Cn1nccc1-c1ccccc1NCC1=NCCN1.O=C(O)C=CC(=O)O. The Hall–Kier alpha value is -3.62. The van der Waals surface area contributed by atoms with Crippen molar-refractivity contribution in [1.29, 1.82) is 0 Å². The monoisotopic (exact) mass is 371 g/mol. The van der Waals surface area contributed by atoms with E-state index in [1.54, 1.807) is 0 Å². The molecule has 1 aliphatic rings. The summed E-state index contributed by atoms with van der Waals surface area (Å²) < 4.78 is 1.88. The van der Waals surface area contributed by atoms with Crippen LogP contribution in [0, 0.1) is 0 Å². The lowest BCUT2D eigenvalue weighted by atomic mass is 10.1. The zero-order valence-electron chi connectivity index (χ0n) is 14.8. The number of hydrogen-bond acceptors (Lipinski definition) is 6. The van der Waals surface area contributed by atoms with E-state index < -0.39 is 11.9 Å². The van der Waals surface area contributed by atoms with E-state index >= 15 is 0 Å². The fourth-order valence-corrected chi connectivity index (χ4v) is 2.39. The van der Waals surface area contributed by atoms with Gasteiger partial charge >= 0.3 is 11.9 Å². The quantitative estimate of drug-likeness (QED) is 0.562. The van der Waals surface area contributed by atoms with Gasteiger partial charge in [0.2, 0.25) is 0 Å². The van der Waals surface area contributed by atoms with Crippen LogP contribution in [0.5, 0.6) is 0 Å². The van der Waals surface area contributed by atoms with E-state index in [4.69, 9.17) is 10.2 Å². The summed E-state index contributed by atoms with van der Waals surface area (Å²) >= 11 is 0. The summed E-state index contributed by atoms with van der Waals surface area (Å²) in [5.74, 6) is -1.49. The number of carboxylic acids is 2. The summed E-state index contributed by atoms with van der Waals surface area (Å²) in [7, 11) is 1.95. The molecule has 2 heterocycles. The van der Waals surface area contributed by atoms with Gasteiger partial charge in [-0.05, 0) is 12.1 Å². The van der Waals surface area contributed by atoms with Gasteiger partial charge in [-0.3, -0.25) is 9.67 Å². The summed E-state index contributed by atoms with van der Waals surface area (Å²) in [4.78, 5) is 23.5. The Morgan fingerprint density at radius 1 is 1.22 bits per heavy atom. The van der Waals surface area contributed by atoms with Gasteiger partial charge in [0.25, 0.3) is 0 Å². The molecule has 1 aromatic carbocycles. The number of hydrogen-bond donors (Lipinski definition) is 4. The first-order valence-electron chi connectivity index (χ1n) is 8.20. The zero-order valence-corrected chi connectivity index (χ0v) is 14.8. The number of carboxylic acid groups (broad SMARTS) is 2. The molecule has 4 N–H and O–H groups in total. The van der Waals surface area contributed by atoms with Gasteiger partial charge in [-0.1, -0.05) is 18.2 Å². The molecule has 9 heteroatoms. The van der Waals surface area contributed by atoms with Crippen molar-refractivity contribution in [3.63, 3.8) is 0 Å². The van der Waals surface area contributed by atoms with Crippen LogP contribution in [0.1, 0.15) is 0 Å². The highest BCUT2D eigenvalue weighted by molar-refractivity contribution is 5.90. The van der Waals surface area contributed by atoms with Crippen molar-refractivity contribution in [1.82, 2.24) is 15.1 Å². The molecule has 0 spiro atoms. The van der Waals surface area contributed by atoms with E-state index in [9.17, 15) is 9.59 Å². The second-order valence-corrected chi connectivity index (χ2v) is 5.50. The molecule has 142 valence electrons. The van der Waals surface area contributed by atoms with E-state index in [2.05, 4.69) is 32.9 Å².